The minimum absolute atomic E-state index is 0. The van der Waals surface area contributed by atoms with Crippen LogP contribution in [0, 0.1) is 0 Å². The zero-order valence-corrected chi connectivity index (χ0v) is 17.7. The number of hydrogen-bond acceptors (Lipinski definition) is 4. The lowest BCUT2D eigenvalue weighted by atomic mass is 10.1. The first-order valence-electron chi connectivity index (χ1n) is 9.48. The van der Waals surface area contributed by atoms with Crippen molar-refractivity contribution in [3.63, 3.8) is 0 Å². The highest BCUT2D eigenvalue weighted by Crippen LogP contribution is 2.30. The second-order valence-electron chi connectivity index (χ2n) is 6.60. The van der Waals surface area contributed by atoms with E-state index in [-0.39, 0.29) is 24.4 Å². The van der Waals surface area contributed by atoms with E-state index >= 15 is 0 Å². The molecule has 0 bridgehead atoms. The van der Waals surface area contributed by atoms with Crippen molar-refractivity contribution in [2.24, 2.45) is 0 Å². The van der Waals surface area contributed by atoms with Crippen LogP contribution in [-0.4, -0.2) is 19.6 Å². The highest BCUT2D eigenvalue weighted by atomic mass is 35.5. The molecule has 0 aliphatic heterocycles. The van der Waals surface area contributed by atoms with Gasteiger partial charge in [0, 0.05) is 12.1 Å². The Morgan fingerprint density at radius 3 is 2.61 bits per heavy atom. The molecule has 5 nitrogen and oxygen atoms in total. The molecule has 0 saturated carbocycles. The molecule has 0 radical (unpaired) electrons. The summed E-state index contributed by atoms with van der Waals surface area (Å²) in [5.41, 5.74) is 8.63. The van der Waals surface area contributed by atoms with Gasteiger partial charge in [-0.25, -0.2) is 0 Å². The van der Waals surface area contributed by atoms with E-state index in [4.69, 9.17) is 15.2 Å². The lowest BCUT2D eigenvalue weighted by Crippen LogP contribution is -2.26. The van der Waals surface area contributed by atoms with Crippen molar-refractivity contribution in [2.45, 2.75) is 45.6 Å². The van der Waals surface area contributed by atoms with E-state index in [9.17, 15) is 4.79 Å². The van der Waals surface area contributed by atoms with Gasteiger partial charge in [-0.2, -0.15) is 0 Å². The van der Waals surface area contributed by atoms with Gasteiger partial charge in [-0.3, -0.25) is 4.79 Å². The summed E-state index contributed by atoms with van der Waals surface area (Å²) in [6.07, 6.45) is 3.11. The molecular weight excluding hydrogens is 376 g/mol. The monoisotopic (exact) mass is 406 g/mol. The van der Waals surface area contributed by atoms with Crippen LogP contribution in [0.5, 0.6) is 11.5 Å². The molecule has 3 N–H and O–H groups in total. The number of unbranched alkanes of at least 4 members (excludes halogenated alkanes) is 1. The number of methoxy groups -OCH3 is 1. The van der Waals surface area contributed by atoms with E-state index in [0.29, 0.717) is 25.2 Å². The summed E-state index contributed by atoms with van der Waals surface area (Å²) in [5, 5.41) is 3.03. The number of nitrogens with two attached hydrogens (primary N) is 1. The van der Waals surface area contributed by atoms with Crippen LogP contribution < -0.4 is 20.5 Å². The topological polar surface area (TPSA) is 73.6 Å². The van der Waals surface area contributed by atoms with Crippen molar-refractivity contribution >= 4 is 24.0 Å². The molecule has 1 unspecified atom stereocenters. The first-order valence-corrected chi connectivity index (χ1v) is 9.48. The van der Waals surface area contributed by atoms with Crippen LogP contribution in [0.3, 0.4) is 0 Å². The summed E-state index contributed by atoms with van der Waals surface area (Å²) in [4.78, 5) is 12.3. The van der Waals surface area contributed by atoms with Gasteiger partial charge >= 0.3 is 0 Å². The van der Waals surface area contributed by atoms with Gasteiger partial charge in [-0.15, -0.1) is 12.4 Å². The summed E-state index contributed by atoms with van der Waals surface area (Å²) >= 11 is 0. The molecule has 0 aromatic heterocycles. The zero-order chi connectivity index (χ0) is 19.6. The number of rotatable bonds is 10. The number of ether oxygens (including phenoxy) is 2. The number of halogens is 1. The molecule has 0 fully saturated rings. The van der Waals surface area contributed by atoms with Crippen molar-refractivity contribution in [2.75, 3.05) is 19.5 Å². The number of anilines is 1. The quantitative estimate of drug-likeness (QED) is 0.443. The van der Waals surface area contributed by atoms with Crippen molar-refractivity contribution in [3.8, 4) is 11.5 Å². The number of benzene rings is 2. The van der Waals surface area contributed by atoms with Gasteiger partial charge in [0.2, 0.25) is 5.91 Å². The Kier molecular flexibility index (Phi) is 10.2. The maximum atomic E-state index is 12.3. The first kappa shape index (κ1) is 23.6. The molecule has 6 heteroatoms. The van der Waals surface area contributed by atoms with E-state index in [1.165, 1.54) is 0 Å². The first-order chi connectivity index (χ1) is 13.0. The van der Waals surface area contributed by atoms with Crippen molar-refractivity contribution in [1.82, 2.24) is 5.32 Å². The van der Waals surface area contributed by atoms with Crippen LogP contribution in [0.4, 0.5) is 5.69 Å². The Balaban J connectivity index is 0.00000392. The summed E-state index contributed by atoms with van der Waals surface area (Å²) < 4.78 is 11.2. The maximum Gasteiger partial charge on any atom is 0.220 e. The average Bonchev–Trinajstić information content (AvgIpc) is 2.67. The number of nitrogen functional groups attached to an aromatic ring is 1. The van der Waals surface area contributed by atoms with Gasteiger partial charge in [0.1, 0.15) is 0 Å². The fourth-order valence-corrected chi connectivity index (χ4v) is 2.81. The van der Waals surface area contributed by atoms with Crippen LogP contribution >= 0.6 is 12.4 Å². The summed E-state index contributed by atoms with van der Waals surface area (Å²) in [5.74, 6) is 1.41. The van der Waals surface area contributed by atoms with E-state index in [1.807, 2.05) is 49.4 Å². The minimum atomic E-state index is -0.121. The molecule has 28 heavy (non-hydrogen) atoms. The second-order valence-corrected chi connectivity index (χ2v) is 6.60. The average molecular weight is 407 g/mol. The molecule has 0 spiro atoms. The van der Waals surface area contributed by atoms with E-state index in [1.54, 1.807) is 7.11 Å². The molecule has 0 heterocycles. The van der Waals surface area contributed by atoms with Gasteiger partial charge in [-0.05, 0) is 49.1 Å². The van der Waals surface area contributed by atoms with E-state index in [0.717, 1.165) is 35.4 Å². The van der Waals surface area contributed by atoms with E-state index < -0.39 is 0 Å². The van der Waals surface area contributed by atoms with Gasteiger partial charge in [0.15, 0.2) is 11.5 Å². The highest BCUT2D eigenvalue weighted by molar-refractivity contribution is 5.85. The fourth-order valence-electron chi connectivity index (χ4n) is 2.81. The molecule has 154 valence electrons. The standard InChI is InChI=1S/C22H30N2O3.ClH/c1-4-5-14-27-20-12-10-18(15-21(20)26-3)16(2)24-22(25)13-11-17-8-6-7-9-19(17)23;/h6-10,12,15-16H,4-5,11,13-14,23H2,1-3H3,(H,24,25);1H. The van der Waals surface area contributed by atoms with Crippen LogP contribution in [0.2, 0.25) is 0 Å². The van der Waals surface area contributed by atoms with Crippen LogP contribution in [-0.2, 0) is 11.2 Å². The summed E-state index contributed by atoms with van der Waals surface area (Å²) in [6, 6.07) is 13.3. The number of hydrogen-bond donors (Lipinski definition) is 2. The van der Waals surface area contributed by atoms with Gasteiger partial charge < -0.3 is 20.5 Å². The third-order valence-corrected chi connectivity index (χ3v) is 4.50. The number of carbonyl (C=O) groups excluding carboxylic acids is 1. The summed E-state index contributed by atoms with van der Waals surface area (Å²) in [6.45, 7) is 4.75. The van der Waals surface area contributed by atoms with Gasteiger partial charge in [0.05, 0.1) is 19.8 Å². The SMILES string of the molecule is CCCCOc1ccc(C(C)NC(=O)CCc2ccccc2N)cc1OC.Cl. The maximum absolute atomic E-state index is 12.3. The van der Waals surface area contributed by atoms with Crippen molar-refractivity contribution in [3.05, 3.63) is 53.6 Å². The molecular formula is C22H31ClN2O3. The predicted molar refractivity (Wildman–Crippen MR) is 116 cm³/mol. The van der Waals surface area contributed by atoms with Crippen LogP contribution in [0.1, 0.15) is 50.3 Å². The molecule has 2 aromatic carbocycles. The van der Waals surface area contributed by atoms with Crippen LogP contribution in [0.25, 0.3) is 0 Å². The van der Waals surface area contributed by atoms with E-state index in [2.05, 4.69) is 12.2 Å². The highest BCUT2D eigenvalue weighted by Gasteiger charge is 2.13. The number of aryl methyl sites for hydroxylation is 1. The molecule has 2 aromatic rings. The Morgan fingerprint density at radius 1 is 1.18 bits per heavy atom. The largest absolute Gasteiger partial charge is 0.493 e. The molecule has 0 aliphatic rings. The van der Waals surface area contributed by atoms with Crippen molar-refractivity contribution in [1.29, 1.82) is 0 Å². The molecule has 0 saturated heterocycles. The van der Waals surface area contributed by atoms with Crippen LogP contribution in [0.15, 0.2) is 42.5 Å². The van der Waals surface area contributed by atoms with Gasteiger partial charge in [0.25, 0.3) is 0 Å². The lowest BCUT2D eigenvalue weighted by Gasteiger charge is -2.17. The zero-order valence-electron chi connectivity index (χ0n) is 16.9. The Labute approximate surface area is 174 Å². The summed E-state index contributed by atoms with van der Waals surface area (Å²) in [7, 11) is 1.62. The number of carbonyl (C=O) groups is 1. The molecule has 0 aliphatic carbocycles. The number of nitrogens with one attached hydrogen (secondary N) is 1. The normalized spacial score (nSPS) is 11.2. The molecule has 1 atom stereocenters. The Morgan fingerprint density at radius 2 is 1.93 bits per heavy atom. The smallest absolute Gasteiger partial charge is 0.220 e. The molecule has 2 rings (SSSR count). The van der Waals surface area contributed by atoms with Crippen molar-refractivity contribution < 1.29 is 14.3 Å². The Hall–Kier alpha value is -2.40. The predicted octanol–water partition coefficient (Wildman–Crippen LogP) is 4.69. The lowest BCUT2D eigenvalue weighted by molar-refractivity contribution is -0.121. The minimum Gasteiger partial charge on any atom is -0.493 e. The second kappa shape index (κ2) is 12.1. The number of amides is 1. The third kappa shape index (κ3) is 6.97. The number of para-hydroxylation sites is 1. The fraction of sp³-hybridized carbons (Fsp3) is 0.409. The third-order valence-electron chi connectivity index (χ3n) is 4.50. The molecule has 1 amide bonds. The Bertz CT molecular complexity index is 752. The van der Waals surface area contributed by atoms with Gasteiger partial charge in [-0.1, -0.05) is 37.6 Å².